The molecular weight excluding hydrogens is 460 g/mol. The van der Waals surface area contributed by atoms with Crippen molar-refractivity contribution >= 4 is 27.5 Å². The Labute approximate surface area is 200 Å². The highest BCUT2D eigenvalue weighted by atomic mass is 35.5. The summed E-state index contributed by atoms with van der Waals surface area (Å²) in [7, 11) is -3.84. The predicted molar refractivity (Wildman–Crippen MR) is 130 cm³/mol. The van der Waals surface area contributed by atoms with Gasteiger partial charge in [-0.2, -0.15) is 4.31 Å². The van der Waals surface area contributed by atoms with Gasteiger partial charge in [0.2, 0.25) is 15.9 Å². The maximum atomic E-state index is 13.4. The molecule has 3 rings (SSSR count). The summed E-state index contributed by atoms with van der Waals surface area (Å²) in [5, 5.41) is 0.452. The van der Waals surface area contributed by atoms with E-state index >= 15 is 0 Å². The van der Waals surface area contributed by atoms with Gasteiger partial charge < -0.3 is 9.32 Å². The van der Waals surface area contributed by atoms with Gasteiger partial charge in [0.05, 0.1) is 18.0 Å². The zero-order valence-corrected chi connectivity index (χ0v) is 20.5. The molecule has 0 radical (unpaired) electrons. The Morgan fingerprint density at radius 3 is 2.27 bits per heavy atom. The molecule has 1 heterocycles. The minimum atomic E-state index is -3.84. The Balaban J connectivity index is 1.80. The highest BCUT2D eigenvalue weighted by molar-refractivity contribution is 7.89. The monoisotopic (exact) mass is 488 g/mol. The number of nitrogens with zero attached hydrogens (tertiary/aromatic N) is 2. The number of benzene rings is 2. The number of carbonyl (C=O) groups excluding carboxylic acids is 1. The van der Waals surface area contributed by atoms with Crippen LogP contribution in [0.25, 0.3) is 0 Å². The molecule has 0 atom stereocenters. The van der Waals surface area contributed by atoms with E-state index in [-0.39, 0.29) is 30.4 Å². The first-order valence-electron chi connectivity index (χ1n) is 10.9. The minimum absolute atomic E-state index is 0.116. The molecule has 0 fully saturated rings. The van der Waals surface area contributed by atoms with Gasteiger partial charge >= 0.3 is 0 Å². The number of sulfonamides is 1. The third-order valence-corrected chi connectivity index (χ3v) is 7.36. The van der Waals surface area contributed by atoms with Crippen LogP contribution in [-0.2, 0) is 27.8 Å². The van der Waals surface area contributed by atoms with Crippen LogP contribution in [0.3, 0.4) is 0 Å². The van der Waals surface area contributed by atoms with Gasteiger partial charge in [-0.05, 0) is 61.7 Å². The second-order valence-electron chi connectivity index (χ2n) is 7.86. The zero-order chi connectivity index (χ0) is 23.8. The Bertz CT molecular complexity index is 1140. The molecule has 0 aliphatic rings. The number of halogens is 1. The fourth-order valence-electron chi connectivity index (χ4n) is 3.50. The molecule has 8 heteroatoms. The van der Waals surface area contributed by atoms with E-state index in [1.165, 1.54) is 28.6 Å². The van der Waals surface area contributed by atoms with Gasteiger partial charge in [-0.15, -0.1) is 0 Å². The summed E-state index contributed by atoms with van der Waals surface area (Å²) < 4.78 is 33.4. The lowest BCUT2D eigenvalue weighted by molar-refractivity contribution is -0.132. The van der Waals surface area contributed by atoms with E-state index in [1.807, 2.05) is 56.3 Å². The number of furan rings is 1. The lowest BCUT2D eigenvalue weighted by atomic mass is 10.1. The molecule has 33 heavy (non-hydrogen) atoms. The molecule has 0 N–H and O–H groups in total. The molecule has 3 aromatic rings. The largest absolute Gasteiger partial charge is 0.464 e. The van der Waals surface area contributed by atoms with E-state index in [4.69, 9.17) is 16.0 Å². The van der Waals surface area contributed by atoms with Crippen LogP contribution >= 0.6 is 11.6 Å². The van der Waals surface area contributed by atoms with Crippen LogP contribution in [0, 0.1) is 6.92 Å². The number of hydrogen-bond acceptors (Lipinski definition) is 4. The molecule has 2 aromatic carbocycles. The van der Waals surface area contributed by atoms with Gasteiger partial charge in [0.1, 0.15) is 11.5 Å². The lowest BCUT2D eigenvalue weighted by Gasteiger charge is -2.27. The van der Waals surface area contributed by atoms with Crippen molar-refractivity contribution in [2.75, 3.05) is 19.6 Å². The topological polar surface area (TPSA) is 70.8 Å². The molecule has 176 valence electrons. The standard InChI is InChI=1S/C25H29ClN2O4S/c1-3-16-28(33(30,31)24-13-10-22(26)11-14-24)19-25(29)27(18-23-12-9-20(2)32-23)17-15-21-7-5-4-6-8-21/h4-14H,3,15-19H2,1-2H3. The van der Waals surface area contributed by atoms with Crippen molar-refractivity contribution < 1.29 is 17.6 Å². The number of rotatable bonds is 11. The number of aryl methyl sites for hydroxylation is 1. The molecule has 1 aromatic heterocycles. The minimum Gasteiger partial charge on any atom is -0.464 e. The summed E-state index contributed by atoms with van der Waals surface area (Å²) in [5.41, 5.74) is 1.10. The summed E-state index contributed by atoms with van der Waals surface area (Å²) in [4.78, 5) is 15.1. The first kappa shape index (κ1) is 25.0. The summed E-state index contributed by atoms with van der Waals surface area (Å²) >= 11 is 5.91. The maximum absolute atomic E-state index is 13.4. The summed E-state index contributed by atoms with van der Waals surface area (Å²) in [6, 6.07) is 19.6. The molecule has 0 spiro atoms. The summed E-state index contributed by atoms with van der Waals surface area (Å²) in [6.45, 7) is 4.45. The van der Waals surface area contributed by atoms with Crippen molar-refractivity contribution in [2.45, 2.75) is 38.1 Å². The Kier molecular flexibility index (Phi) is 8.72. The van der Waals surface area contributed by atoms with Crippen LogP contribution in [0.1, 0.15) is 30.4 Å². The molecule has 0 unspecified atom stereocenters. The summed E-state index contributed by atoms with van der Waals surface area (Å²) in [5.74, 6) is 1.15. The third kappa shape index (κ3) is 6.93. The van der Waals surface area contributed by atoms with Crippen LogP contribution in [0.4, 0.5) is 0 Å². The quantitative estimate of drug-likeness (QED) is 0.384. The van der Waals surface area contributed by atoms with Gasteiger partial charge in [-0.25, -0.2) is 8.42 Å². The van der Waals surface area contributed by atoms with Gasteiger partial charge in [0, 0.05) is 18.1 Å². The normalized spacial score (nSPS) is 11.6. The SMILES string of the molecule is CCCN(CC(=O)N(CCc1ccccc1)Cc1ccc(C)o1)S(=O)(=O)c1ccc(Cl)cc1. The number of hydrogen-bond donors (Lipinski definition) is 0. The van der Waals surface area contributed by atoms with Crippen molar-refractivity contribution in [1.29, 1.82) is 0 Å². The van der Waals surface area contributed by atoms with Crippen LogP contribution < -0.4 is 0 Å². The molecule has 0 aliphatic carbocycles. The third-order valence-electron chi connectivity index (χ3n) is 5.24. The van der Waals surface area contributed by atoms with Crippen LogP contribution in [0.2, 0.25) is 5.02 Å². The molecule has 1 amide bonds. The van der Waals surface area contributed by atoms with E-state index < -0.39 is 10.0 Å². The molecule has 0 aliphatic heterocycles. The second-order valence-corrected chi connectivity index (χ2v) is 10.2. The first-order valence-corrected chi connectivity index (χ1v) is 12.7. The average Bonchev–Trinajstić information content (AvgIpc) is 3.21. The van der Waals surface area contributed by atoms with Crippen LogP contribution in [-0.4, -0.2) is 43.2 Å². The molecule has 0 bridgehead atoms. The maximum Gasteiger partial charge on any atom is 0.243 e. The van der Waals surface area contributed by atoms with Gasteiger partial charge in [0.15, 0.2) is 0 Å². The van der Waals surface area contributed by atoms with Crippen molar-refractivity contribution in [2.24, 2.45) is 0 Å². The van der Waals surface area contributed by atoms with Crippen molar-refractivity contribution in [3.63, 3.8) is 0 Å². The summed E-state index contributed by atoms with van der Waals surface area (Å²) in [6.07, 6.45) is 1.24. The van der Waals surface area contributed by atoms with E-state index in [1.54, 1.807) is 4.90 Å². The van der Waals surface area contributed by atoms with Gasteiger partial charge in [-0.1, -0.05) is 48.9 Å². The van der Waals surface area contributed by atoms with Crippen molar-refractivity contribution in [3.05, 3.63) is 88.8 Å². The smallest absolute Gasteiger partial charge is 0.243 e. The zero-order valence-electron chi connectivity index (χ0n) is 18.9. The fourth-order valence-corrected chi connectivity index (χ4v) is 5.11. The van der Waals surface area contributed by atoms with Crippen LogP contribution in [0.15, 0.2) is 76.0 Å². The van der Waals surface area contributed by atoms with E-state index in [2.05, 4.69) is 0 Å². The highest BCUT2D eigenvalue weighted by Gasteiger charge is 2.28. The van der Waals surface area contributed by atoms with E-state index in [0.717, 1.165) is 11.3 Å². The second kappa shape index (κ2) is 11.5. The average molecular weight is 489 g/mol. The fraction of sp³-hybridized carbons (Fsp3) is 0.320. The Hall–Kier alpha value is -2.61. The van der Waals surface area contributed by atoms with Gasteiger partial charge in [0.25, 0.3) is 0 Å². The molecule has 0 saturated carbocycles. The van der Waals surface area contributed by atoms with E-state index in [9.17, 15) is 13.2 Å². The lowest BCUT2D eigenvalue weighted by Crippen LogP contribution is -2.43. The van der Waals surface area contributed by atoms with Crippen molar-refractivity contribution in [1.82, 2.24) is 9.21 Å². The van der Waals surface area contributed by atoms with E-state index in [0.29, 0.717) is 30.2 Å². The van der Waals surface area contributed by atoms with Gasteiger partial charge in [-0.3, -0.25) is 4.79 Å². The Morgan fingerprint density at radius 1 is 0.970 bits per heavy atom. The molecule has 6 nitrogen and oxygen atoms in total. The first-order chi connectivity index (χ1) is 15.8. The number of amides is 1. The van der Waals surface area contributed by atoms with Crippen molar-refractivity contribution in [3.8, 4) is 0 Å². The highest BCUT2D eigenvalue weighted by Crippen LogP contribution is 2.20. The Morgan fingerprint density at radius 2 is 1.67 bits per heavy atom. The molecular formula is C25H29ClN2O4S. The number of carbonyl (C=O) groups is 1. The van der Waals surface area contributed by atoms with Crippen LogP contribution in [0.5, 0.6) is 0 Å². The predicted octanol–water partition coefficient (Wildman–Crippen LogP) is 4.91. The molecule has 0 saturated heterocycles.